The number of hydrogen-bond donors (Lipinski definition) is 1. The Kier molecular flexibility index (Phi) is 6.04. The van der Waals surface area contributed by atoms with E-state index in [9.17, 15) is 0 Å². The van der Waals surface area contributed by atoms with Crippen molar-refractivity contribution in [2.75, 3.05) is 13.2 Å². The van der Waals surface area contributed by atoms with Crippen LogP contribution in [0.15, 0.2) is 19.0 Å². The second-order valence-corrected chi connectivity index (χ2v) is 4.34. The van der Waals surface area contributed by atoms with Gasteiger partial charge < -0.3 is 10.1 Å². The zero-order valence-corrected chi connectivity index (χ0v) is 9.98. The summed E-state index contributed by atoms with van der Waals surface area (Å²) < 4.78 is 5.02. The summed E-state index contributed by atoms with van der Waals surface area (Å²) in [6, 6.07) is 0. The molecule has 15 heavy (non-hydrogen) atoms. The van der Waals surface area contributed by atoms with E-state index in [0.29, 0.717) is 0 Å². The maximum Gasteiger partial charge on any atom is 0.0925 e. The van der Waals surface area contributed by atoms with E-state index in [1.807, 2.05) is 6.20 Å². The second-order valence-electron chi connectivity index (χ2n) is 3.14. The normalized spacial score (nSPS) is 10.2. The first-order chi connectivity index (χ1) is 7.36. The van der Waals surface area contributed by atoms with Crippen molar-refractivity contribution in [1.82, 2.24) is 10.3 Å². The van der Waals surface area contributed by atoms with Gasteiger partial charge in [-0.25, -0.2) is 4.98 Å². The van der Waals surface area contributed by atoms with E-state index in [2.05, 4.69) is 23.8 Å². The van der Waals surface area contributed by atoms with Gasteiger partial charge in [0.15, 0.2) is 0 Å². The van der Waals surface area contributed by atoms with Gasteiger partial charge in [-0.1, -0.05) is 13.5 Å². The van der Waals surface area contributed by atoms with Crippen LogP contribution in [0.5, 0.6) is 0 Å². The van der Waals surface area contributed by atoms with Crippen molar-refractivity contribution in [1.29, 1.82) is 0 Å². The Balaban J connectivity index is 2.06. The summed E-state index contributed by atoms with van der Waals surface area (Å²) in [5, 5.41) is 4.56. The van der Waals surface area contributed by atoms with Gasteiger partial charge >= 0.3 is 0 Å². The number of rotatable bonds is 8. The Morgan fingerprint density at radius 2 is 2.53 bits per heavy atom. The van der Waals surface area contributed by atoms with Crippen LogP contribution in [0.4, 0.5) is 0 Å². The zero-order chi connectivity index (χ0) is 10.9. The lowest BCUT2D eigenvalue weighted by Crippen LogP contribution is -2.15. The van der Waals surface area contributed by atoms with Crippen LogP contribution in [0.3, 0.4) is 0 Å². The van der Waals surface area contributed by atoms with Crippen molar-refractivity contribution in [3.05, 3.63) is 28.9 Å². The van der Waals surface area contributed by atoms with Crippen LogP contribution in [-0.4, -0.2) is 18.1 Å². The number of nitrogens with zero attached hydrogens (tertiary/aromatic N) is 1. The van der Waals surface area contributed by atoms with Crippen molar-refractivity contribution in [2.24, 2.45) is 0 Å². The fraction of sp³-hybridized carbons (Fsp3) is 0.545. The summed E-state index contributed by atoms with van der Waals surface area (Å²) in [4.78, 5) is 5.61. The molecule has 1 rings (SSSR count). The van der Waals surface area contributed by atoms with Crippen molar-refractivity contribution in [3.8, 4) is 0 Å². The number of hydrogen-bond acceptors (Lipinski definition) is 4. The number of nitrogens with one attached hydrogen (secondary N) is 1. The quantitative estimate of drug-likeness (QED) is 0.546. The van der Waals surface area contributed by atoms with Gasteiger partial charge in [0.2, 0.25) is 0 Å². The van der Waals surface area contributed by atoms with Gasteiger partial charge in [-0.15, -0.1) is 11.3 Å². The van der Waals surface area contributed by atoms with Gasteiger partial charge in [-0.3, -0.25) is 0 Å². The standard InChI is InChI=1S/C11H18N2OS/c1-3-11-13-9-10(15-11)8-12-6-5-7-14-4-2/h4,9,12H,2-3,5-8H2,1H3. The Bertz CT molecular complexity index is 286. The summed E-state index contributed by atoms with van der Waals surface area (Å²) in [7, 11) is 0. The van der Waals surface area contributed by atoms with Gasteiger partial charge in [-0.2, -0.15) is 0 Å². The van der Waals surface area contributed by atoms with Crippen molar-refractivity contribution in [3.63, 3.8) is 0 Å². The van der Waals surface area contributed by atoms with E-state index in [-0.39, 0.29) is 0 Å². The highest BCUT2D eigenvalue weighted by Crippen LogP contribution is 2.12. The largest absolute Gasteiger partial charge is 0.502 e. The summed E-state index contributed by atoms with van der Waals surface area (Å²) in [5.41, 5.74) is 0. The minimum absolute atomic E-state index is 0.736. The van der Waals surface area contributed by atoms with Gasteiger partial charge in [0, 0.05) is 17.6 Å². The molecule has 0 saturated carbocycles. The van der Waals surface area contributed by atoms with Crippen LogP contribution in [0.2, 0.25) is 0 Å². The number of thiazole rings is 1. The second kappa shape index (κ2) is 7.43. The number of aryl methyl sites for hydroxylation is 1. The summed E-state index contributed by atoms with van der Waals surface area (Å²) in [5.74, 6) is 0. The third-order valence-electron chi connectivity index (χ3n) is 1.94. The van der Waals surface area contributed by atoms with Crippen LogP contribution in [0.25, 0.3) is 0 Å². The summed E-state index contributed by atoms with van der Waals surface area (Å²) in [6.45, 7) is 8.23. The number of ether oxygens (including phenoxy) is 1. The molecule has 0 radical (unpaired) electrons. The lowest BCUT2D eigenvalue weighted by molar-refractivity contribution is 0.244. The average Bonchev–Trinajstić information content (AvgIpc) is 2.71. The molecule has 0 spiro atoms. The van der Waals surface area contributed by atoms with Crippen molar-refractivity contribution in [2.45, 2.75) is 26.3 Å². The number of aromatic nitrogens is 1. The fourth-order valence-corrected chi connectivity index (χ4v) is 2.00. The predicted octanol–water partition coefficient (Wildman–Crippen LogP) is 2.35. The average molecular weight is 226 g/mol. The maximum absolute atomic E-state index is 5.02. The highest BCUT2D eigenvalue weighted by atomic mass is 32.1. The SMILES string of the molecule is C=COCCCNCc1cnc(CC)s1. The van der Waals surface area contributed by atoms with Gasteiger partial charge in [0.25, 0.3) is 0 Å². The minimum atomic E-state index is 0.736. The molecular formula is C11H18N2OS. The van der Waals surface area contributed by atoms with Gasteiger partial charge in [-0.05, 0) is 19.4 Å². The molecule has 0 unspecified atom stereocenters. The van der Waals surface area contributed by atoms with Crippen molar-refractivity contribution >= 4 is 11.3 Å². The predicted molar refractivity (Wildman–Crippen MR) is 64.0 cm³/mol. The van der Waals surface area contributed by atoms with Crippen LogP contribution in [0.1, 0.15) is 23.2 Å². The first-order valence-corrected chi connectivity index (χ1v) is 6.05. The molecule has 0 aliphatic carbocycles. The molecule has 1 heterocycles. The van der Waals surface area contributed by atoms with Crippen LogP contribution in [-0.2, 0) is 17.7 Å². The van der Waals surface area contributed by atoms with E-state index in [1.165, 1.54) is 16.1 Å². The Hall–Kier alpha value is -0.870. The Morgan fingerprint density at radius 1 is 1.67 bits per heavy atom. The molecule has 0 amide bonds. The highest BCUT2D eigenvalue weighted by molar-refractivity contribution is 7.11. The molecule has 3 nitrogen and oxygen atoms in total. The first kappa shape index (κ1) is 12.2. The zero-order valence-electron chi connectivity index (χ0n) is 9.16. The smallest absolute Gasteiger partial charge is 0.0925 e. The molecule has 0 atom stereocenters. The molecule has 84 valence electrons. The molecule has 0 bridgehead atoms. The molecule has 0 fully saturated rings. The molecule has 1 aromatic heterocycles. The third-order valence-corrected chi connectivity index (χ3v) is 3.08. The lowest BCUT2D eigenvalue weighted by atomic mass is 10.4. The molecule has 1 aromatic rings. The highest BCUT2D eigenvalue weighted by Gasteiger charge is 1.98. The summed E-state index contributed by atoms with van der Waals surface area (Å²) in [6.07, 6.45) is 5.47. The third kappa shape index (κ3) is 4.95. The van der Waals surface area contributed by atoms with E-state index >= 15 is 0 Å². The minimum Gasteiger partial charge on any atom is -0.502 e. The topological polar surface area (TPSA) is 34.1 Å². The molecule has 0 aromatic carbocycles. The van der Waals surface area contributed by atoms with Crippen LogP contribution in [0, 0.1) is 0 Å². The molecule has 4 heteroatoms. The summed E-state index contributed by atoms with van der Waals surface area (Å²) >= 11 is 1.78. The van der Waals surface area contributed by atoms with Crippen LogP contribution >= 0.6 is 11.3 Å². The molecule has 0 aliphatic heterocycles. The van der Waals surface area contributed by atoms with Gasteiger partial charge in [0.05, 0.1) is 17.9 Å². The van der Waals surface area contributed by atoms with E-state index in [1.54, 1.807) is 11.3 Å². The van der Waals surface area contributed by atoms with E-state index in [4.69, 9.17) is 4.74 Å². The maximum atomic E-state index is 5.02. The molecule has 0 aliphatic rings. The Labute approximate surface area is 95.2 Å². The van der Waals surface area contributed by atoms with Crippen molar-refractivity contribution < 1.29 is 4.74 Å². The first-order valence-electron chi connectivity index (χ1n) is 5.23. The molecule has 0 saturated heterocycles. The van der Waals surface area contributed by atoms with Crippen LogP contribution < -0.4 is 5.32 Å². The molecular weight excluding hydrogens is 208 g/mol. The van der Waals surface area contributed by atoms with Gasteiger partial charge in [0.1, 0.15) is 0 Å². The fourth-order valence-electron chi connectivity index (χ4n) is 1.17. The molecule has 1 N–H and O–H groups in total. The monoisotopic (exact) mass is 226 g/mol. The van der Waals surface area contributed by atoms with E-state index in [0.717, 1.165) is 32.5 Å². The Morgan fingerprint density at radius 3 is 3.20 bits per heavy atom. The van der Waals surface area contributed by atoms with E-state index < -0.39 is 0 Å². The lowest BCUT2D eigenvalue weighted by Gasteiger charge is -2.02.